The summed E-state index contributed by atoms with van der Waals surface area (Å²) in [5.41, 5.74) is 8.96. The second-order valence-corrected chi connectivity index (χ2v) is 3.94. The molecule has 1 heterocycles. The van der Waals surface area contributed by atoms with Crippen LogP contribution in [0.3, 0.4) is 0 Å². The molecule has 0 aliphatic heterocycles. The van der Waals surface area contributed by atoms with E-state index in [1.807, 2.05) is 18.4 Å². The quantitative estimate of drug-likeness (QED) is 0.787. The Hall–Kier alpha value is -1.84. The molecule has 0 saturated heterocycles. The second-order valence-electron chi connectivity index (χ2n) is 3.94. The van der Waals surface area contributed by atoms with E-state index in [9.17, 15) is 4.39 Å². The molecule has 0 radical (unpaired) electrons. The molecule has 16 heavy (non-hydrogen) atoms. The highest BCUT2D eigenvalue weighted by molar-refractivity contribution is 5.41. The van der Waals surface area contributed by atoms with Crippen molar-refractivity contribution in [2.24, 2.45) is 0 Å². The molecule has 0 atom stereocenters. The first kappa shape index (κ1) is 10.7. The summed E-state index contributed by atoms with van der Waals surface area (Å²) in [6.45, 7) is 4.53. The third kappa shape index (κ3) is 2.05. The van der Waals surface area contributed by atoms with Crippen molar-refractivity contribution < 1.29 is 4.39 Å². The lowest BCUT2D eigenvalue weighted by Gasteiger charge is -2.06. The Morgan fingerprint density at radius 2 is 2.06 bits per heavy atom. The van der Waals surface area contributed by atoms with E-state index in [2.05, 4.69) is 4.98 Å². The topological polar surface area (TPSA) is 43.8 Å². The number of hydrogen-bond acceptors (Lipinski definition) is 2. The van der Waals surface area contributed by atoms with Gasteiger partial charge in [-0.3, -0.25) is 0 Å². The number of halogens is 1. The summed E-state index contributed by atoms with van der Waals surface area (Å²) in [5, 5.41) is 0. The maximum absolute atomic E-state index is 13.1. The molecule has 0 unspecified atom stereocenters. The molecule has 0 saturated carbocycles. The highest BCUT2D eigenvalue weighted by Gasteiger charge is 2.04. The van der Waals surface area contributed by atoms with Gasteiger partial charge in [-0.2, -0.15) is 0 Å². The minimum absolute atomic E-state index is 0.301. The molecule has 2 aromatic rings. The zero-order valence-electron chi connectivity index (χ0n) is 9.37. The van der Waals surface area contributed by atoms with Crippen LogP contribution < -0.4 is 5.73 Å². The van der Waals surface area contributed by atoms with Gasteiger partial charge in [-0.1, -0.05) is 0 Å². The minimum Gasteiger partial charge on any atom is -0.399 e. The summed E-state index contributed by atoms with van der Waals surface area (Å²) in [5.74, 6) is -0.301. The van der Waals surface area contributed by atoms with E-state index in [0.717, 1.165) is 17.0 Å². The highest BCUT2D eigenvalue weighted by Crippen LogP contribution is 2.14. The summed E-state index contributed by atoms with van der Waals surface area (Å²) in [6.07, 6.45) is 1.76. The maximum Gasteiger partial charge on any atom is 0.125 e. The molecule has 0 amide bonds. The number of aromatic nitrogens is 2. The minimum atomic E-state index is -0.301. The zero-order chi connectivity index (χ0) is 11.7. The van der Waals surface area contributed by atoms with Crippen molar-refractivity contribution in [3.63, 3.8) is 0 Å². The predicted octanol–water partition coefficient (Wildman–Crippen LogP) is 2.27. The SMILES string of the molecule is Cc1ncn(Cc2cc(N)cc(F)c2)c1C. The molecule has 1 aromatic heterocycles. The Morgan fingerprint density at radius 1 is 1.31 bits per heavy atom. The molecule has 1 aromatic carbocycles. The maximum atomic E-state index is 13.1. The van der Waals surface area contributed by atoms with Crippen LogP contribution in [0.1, 0.15) is 17.0 Å². The van der Waals surface area contributed by atoms with Crippen LogP contribution in [0.25, 0.3) is 0 Å². The first-order chi connectivity index (χ1) is 7.56. The lowest BCUT2D eigenvalue weighted by atomic mass is 10.2. The number of hydrogen-bond donors (Lipinski definition) is 1. The molecule has 0 fully saturated rings. The van der Waals surface area contributed by atoms with Gasteiger partial charge in [0.05, 0.1) is 12.0 Å². The molecule has 0 bridgehead atoms. The van der Waals surface area contributed by atoms with Gasteiger partial charge in [0.1, 0.15) is 5.82 Å². The van der Waals surface area contributed by atoms with Crippen LogP contribution >= 0.6 is 0 Å². The Balaban J connectivity index is 2.30. The summed E-state index contributed by atoms with van der Waals surface area (Å²) < 4.78 is 15.1. The molecule has 0 spiro atoms. The molecule has 0 aliphatic rings. The van der Waals surface area contributed by atoms with E-state index >= 15 is 0 Å². The van der Waals surface area contributed by atoms with Gasteiger partial charge in [-0.15, -0.1) is 0 Å². The van der Waals surface area contributed by atoms with Crippen LogP contribution in [0.2, 0.25) is 0 Å². The van der Waals surface area contributed by atoms with Gasteiger partial charge in [-0.05, 0) is 37.6 Å². The number of imidazole rings is 1. The Bertz CT molecular complexity index is 497. The second kappa shape index (κ2) is 3.96. The number of nitrogens with two attached hydrogens (primary N) is 1. The fourth-order valence-electron chi connectivity index (χ4n) is 1.67. The predicted molar refractivity (Wildman–Crippen MR) is 61.6 cm³/mol. The molecular weight excluding hydrogens is 205 g/mol. The number of nitrogen functional groups attached to an aromatic ring is 1. The van der Waals surface area contributed by atoms with Crippen molar-refractivity contribution in [2.75, 3.05) is 5.73 Å². The Labute approximate surface area is 93.7 Å². The van der Waals surface area contributed by atoms with Gasteiger partial charge in [-0.25, -0.2) is 9.37 Å². The van der Waals surface area contributed by atoms with Crippen molar-refractivity contribution in [3.8, 4) is 0 Å². The van der Waals surface area contributed by atoms with Gasteiger partial charge in [0.25, 0.3) is 0 Å². The molecule has 4 heteroatoms. The van der Waals surface area contributed by atoms with Crippen LogP contribution in [-0.2, 0) is 6.54 Å². The normalized spacial score (nSPS) is 10.7. The summed E-state index contributed by atoms with van der Waals surface area (Å²) in [7, 11) is 0. The number of benzene rings is 1. The Morgan fingerprint density at radius 3 is 2.62 bits per heavy atom. The molecule has 2 rings (SSSR count). The van der Waals surface area contributed by atoms with E-state index in [1.165, 1.54) is 12.1 Å². The number of anilines is 1. The van der Waals surface area contributed by atoms with Crippen molar-refractivity contribution in [1.29, 1.82) is 0 Å². The molecule has 84 valence electrons. The van der Waals surface area contributed by atoms with Crippen molar-refractivity contribution in [1.82, 2.24) is 9.55 Å². The van der Waals surface area contributed by atoms with E-state index in [1.54, 1.807) is 12.4 Å². The molecular formula is C12H14FN3. The summed E-state index contributed by atoms with van der Waals surface area (Å²) >= 11 is 0. The first-order valence-electron chi connectivity index (χ1n) is 5.09. The standard InChI is InChI=1S/C12H14FN3/c1-8-9(2)16(7-15-8)6-10-3-11(13)5-12(14)4-10/h3-5,7H,6,14H2,1-2H3. The zero-order valence-corrected chi connectivity index (χ0v) is 9.37. The number of nitrogens with zero attached hydrogens (tertiary/aromatic N) is 2. The fraction of sp³-hybridized carbons (Fsp3) is 0.250. The first-order valence-corrected chi connectivity index (χ1v) is 5.09. The third-order valence-electron chi connectivity index (χ3n) is 2.68. The highest BCUT2D eigenvalue weighted by atomic mass is 19.1. The molecule has 3 nitrogen and oxygen atoms in total. The van der Waals surface area contributed by atoms with Gasteiger partial charge in [0.2, 0.25) is 0 Å². The average Bonchev–Trinajstić information content (AvgIpc) is 2.48. The van der Waals surface area contributed by atoms with E-state index in [-0.39, 0.29) is 5.82 Å². The summed E-state index contributed by atoms with van der Waals surface area (Å²) in [4.78, 5) is 4.20. The molecule has 0 aliphatic carbocycles. The van der Waals surface area contributed by atoms with Gasteiger partial charge in [0.15, 0.2) is 0 Å². The van der Waals surface area contributed by atoms with Crippen molar-refractivity contribution >= 4 is 5.69 Å². The van der Waals surface area contributed by atoms with Crippen LogP contribution in [0.15, 0.2) is 24.5 Å². The van der Waals surface area contributed by atoms with Gasteiger partial charge in [0, 0.05) is 17.9 Å². The van der Waals surface area contributed by atoms with Gasteiger partial charge >= 0.3 is 0 Å². The van der Waals surface area contributed by atoms with E-state index < -0.39 is 0 Å². The largest absolute Gasteiger partial charge is 0.399 e. The summed E-state index contributed by atoms with van der Waals surface area (Å²) in [6, 6.07) is 4.58. The fourth-order valence-corrected chi connectivity index (χ4v) is 1.67. The monoisotopic (exact) mass is 219 g/mol. The smallest absolute Gasteiger partial charge is 0.125 e. The van der Waals surface area contributed by atoms with Crippen molar-refractivity contribution in [3.05, 3.63) is 47.3 Å². The third-order valence-corrected chi connectivity index (χ3v) is 2.68. The van der Waals surface area contributed by atoms with Crippen molar-refractivity contribution in [2.45, 2.75) is 20.4 Å². The van der Waals surface area contributed by atoms with Crippen LogP contribution in [0, 0.1) is 19.7 Å². The van der Waals surface area contributed by atoms with Crippen LogP contribution in [0.4, 0.5) is 10.1 Å². The van der Waals surface area contributed by atoms with Crippen LogP contribution in [0.5, 0.6) is 0 Å². The van der Waals surface area contributed by atoms with Gasteiger partial charge < -0.3 is 10.3 Å². The van der Waals surface area contributed by atoms with E-state index in [4.69, 9.17) is 5.73 Å². The lowest BCUT2D eigenvalue weighted by molar-refractivity contribution is 0.624. The Kier molecular flexibility index (Phi) is 2.64. The molecule has 2 N–H and O–H groups in total. The average molecular weight is 219 g/mol. The number of aryl methyl sites for hydroxylation is 1. The van der Waals surface area contributed by atoms with E-state index in [0.29, 0.717) is 12.2 Å². The number of rotatable bonds is 2. The van der Waals surface area contributed by atoms with Crippen LogP contribution in [-0.4, -0.2) is 9.55 Å². The lowest BCUT2D eigenvalue weighted by Crippen LogP contribution is -2.02.